The molecule has 7 heteroatoms. The number of hydrogen-bond donors (Lipinski definition) is 0. The van der Waals surface area contributed by atoms with Gasteiger partial charge in [-0.15, -0.1) is 0 Å². The van der Waals surface area contributed by atoms with E-state index >= 15 is 0 Å². The summed E-state index contributed by atoms with van der Waals surface area (Å²) in [5, 5.41) is 4.72. The molecule has 0 unspecified atom stereocenters. The molecule has 2 heterocycles. The monoisotopic (exact) mass is 425 g/mol. The molecule has 2 saturated carbocycles. The zero-order chi connectivity index (χ0) is 21.8. The van der Waals surface area contributed by atoms with Crippen molar-refractivity contribution >= 4 is 11.9 Å². The fourth-order valence-electron chi connectivity index (χ4n) is 6.07. The Morgan fingerprint density at radius 1 is 1.13 bits per heavy atom. The topological polar surface area (TPSA) is 64.4 Å². The number of hydrogen-bond acceptors (Lipinski definition) is 4. The maximum absolute atomic E-state index is 13.7. The van der Waals surface area contributed by atoms with E-state index < -0.39 is 10.8 Å². The van der Waals surface area contributed by atoms with Crippen LogP contribution in [0.5, 0.6) is 0 Å². The molecule has 31 heavy (non-hydrogen) atoms. The second kappa shape index (κ2) is 7.18. The van der Waals surface area contributed by atoms with Crippen LogP contribution in [0.25, 0.3) is 0 Å². The predicted octanol–water partition coefficient (Wildman–Crippen LogP) is 3.39. The number of aryl methyl sites for hydroxylation is 1. The summed E-state index contributed by atoms with van der Waals surface area (Å²) < 4.78 is 20.3. The van der Waals surface area contributed by atoms with Gasteiger partial charge in [-0.2, -0.15) is 5.10 Å². The van der Waals surface area contributed by atoms with Crippen molar-refractivity contribution in [2.75, 3.05) is 13.7 Å². The SMILES string of the molecule is COC(=O)C12CCC(C(=O)N3CCc4c(C)nn(Cc5ccc(F)cc5)c4C3)(CC1)C2. The molecular weight excluding hydrogens is 397 g/mol. The van der Waals surface area contributed by atoms with Crippen molar-refractivity contribution in [3.05, 3.63) is 52.6 Å². The lowest BCUT2D eigenvalue weighted by molar-refractivity contribution is -0.152. The Balaban J connectivity index is 1.37. The number of rotatable bonds is 4. The normalized spacial score (nSPS) is 26.7. The molecule has 0 atom stereocenters. The van der Waals surface area contributed by atoms with Crippen molar-refractivity contribution in [1.82, 2.24) is 14.7 Å². The minimum Gasteiger partial charge on any atom is -0.469 e. The first-order chi connectivity index (χ1) is 14.9. The molecule has 2 aromatic rings. The van der Waals surface area contributed by atoms with Crippen LogP contribution in [0.1, 0.15) is 54.6 Å². The third-order valence-corrected chi connectivity index (χ3v) is 7.79. The predicted molar refractivity (Wildman–Crippen MR) is 112 cm³/mol. The second-order valence-electron chi connectivity index (χ2n) is 9.50. The van der Waals surface area contributed by atoms with Crippen molar-refractivity contribution < 1.29 is 18.7 Å². The summed E-state index contributed by atoms with van der Waals surface area (Å²) in [6, 6.07) is 6.46. The highest BCUT2D eigenvalue weighted by atomic mass is 19.1. The van der Waals surface area contributed by atoms with Gasteiger partial charge in [0.2, 0.25) is 5.91 Å². The summed E-state index contributed by atoms with van der Waals surface area (Å²) in [6.07, 6.45) is 4.41. The fraction of sp³-hybridized carbons (Fsp3) is 0.542. The Labute approximate surface area is 181 Å². The Bertz CT molecular complexity index is 1040. The third kappa shape index (κ3) is 3.17. The van der Waals surface area contributed by atoms with Gasteiger partial charge in [0.05, 0.1) is 42.4 Å². The van der Waals surface area contributed by atoms with Gasteiger partial charge in [0.25, 0.3) is 0 Å². The van der Waals surface area contributed by atoms with Crippen molar-refractivity contribution in [1.29, 1.82) is 0 Å². The summed E-state index contributed by atoms with van der Waals surface area (Å²) in [5.74, 6) is -0.239. The molecule has 0 spiro atoms. The van der Waals surface area contributed by atoms with Gasteiger partial charge in [0.15, 0.2) is 0 Å². The highest BCUT2D eigenvalue weighted by Gasteiger charge is 2.62. The first-order valence-corrected chi connectivity index (χ1v) is 11.0. The fourth-order valence-corrected chi connectivity index (χ4v) is 6.07. The molecule has 1 amide bonds. The number of benzene rings is 1. The Morgan fingerprint density at radius 2 is 1.81 bits per heavy atom. The van der Waals surface area contributed by atoms with Gasteiger partial charge in [-0.1, -0.05) is 12.1 Å². The molecule has 0 N–H and O–H groups in total. The van der Waals surface area contributed by atoms with E-state index in [1.54, 1.807) is 12.1 Å². The number of methoxy groups -OCH3 is 1. The van der Waals surface area contributed by atoms with Crippen molar-refractivity contribution in [2.45, 2.75) is 58.5 Å². The number of nitrogens with zero attached hydrogens (tertiary/aromatic N) is 3. The lowest BCUT2D eigenvalue weighted by Gasteiger charge is -2.35. The maximum Gasteiger partial charge on any atom is 0.311 e. The second-order valence-corrected chi connectivity index (χ2v) is 9.50. The Hall–Kier alpha value is -2.70. The molecule has 0 saturated heterocycles. The molecule has 0 radical (unpaired) electrons. The lowest BCUT2D eigenvalue weighted by Crippen LogP contribution is -2.44. The smallest absolute Gasteiger partial charge is 0.311 e. The molecule has 1 aromatic carbocycles. The van der Waals surface area contributed by atoms with Crippen LogP contribution in [-0.4, -0.2) is 40.2 Å². The number of fused-ring (bicyclic) bond motifs is 3. The number of amides is 1. The number of carbonyl (C=O) groups excluding carboxylic acids is 2. The summed E-state index contributed by atoms with van der Waals surface area (Å²) in [5.41, 5.74) is 3.35. The van der Waals surface area contributed by atoms with E-state index in [1.807, 2.05) is 16.5 Å². The molecule has 3 aliphatic rings. The lowest BCUT2D eigenvalue weighted by atomic mass is 9.81. The van der Waals surface area contributed by atoms with Gasteiger partial charge >= 0.3 is 5.97 Å². The van der Waals surface area contributed by atoms with E-state index in [0.29, 0.717) is 26.1 Å². The molecule has 5 rings (SSSR count). The number of halogens is 1. The van der Waals surface area contributed by atoms with E-state index in [9.17, 15) is 14.0 Å². The van der Waals surface area contributed by atoms with Gasteiger partial charge in [0, 0.05) is 6.54 Å². The summed E-state index contributed by atoms with van der Waals surface area (Å²) in [6.45, 7) is 3.77. The molecule has 2 fully saturated rings. The summed E-state index contributed by atoms with van der Waals surface area (Å²) in [4.78, 5) is 28.0. The van der Waals surface area contributed by atoms with E-state index in [2.05, 4.69) is 0 Å². The largest absolute Gasteiger partial charge is 0.469 e. The van der Waals surface area contributed by atoms with Gasteiger partial charge < -0.3 is 9.64 Å². The molecular formula is C24H28FN3O3. The average Bonchev–Trinajstić information content (AvgIpc) is 3.46. The highest BCUT2D eigenvalue weighted by molar-refractivity contribution is 5.87. The molecule has 2 aliphatic carbocycles. The van der Waals surface area contributed by atoms with Gasteiger partial charge in [-0.3, -0.25) is 14.3 Å². The van der Waals surface area contributed by atoms with Crippen LogP contribution in [-0.2, 0) is 33.8 Å². The van der Waals surface area contributed by atoms with Gasteiger partial charge in [-0.25, -0.2) is 4.39 Å². The van der Waals surface area contributed by atoms with Crippen molar-refractivity contribution in [3.8, 4) is 0 Å². The number of aromatic nitrogens is 2. The standard InChI is InChI=1S/C24H28FN3O3/c1-16-19-7-12-27(14-20(19)28(26-16)13-17-3-5-18(25)6-4-17)21(29)23-8-10-24(15-23,11-9-23)22(30)31-2/h3-6H,7-15H2,1-2H3. The van der Waals surface area contributed by atoms with Crippen molar-refractivity contribution in [2.24, 2.45) is 10.8 Å². The molecule has 1 aromatic heterocycles. The molecule has 1 aliphatic heterocycles. The first kappa shape index (κ1) is 20.2. The highest BCUT2D eigenvalue weighted by Crippen LogP contribution is 2.62. The molecule has 164 valence electrons. The first-order valence-electron chi connectivity index (χ1n) is 11.0. The van der Waals surface area contributed by atoms with Crippen LogP contribution in [0.3, 0.4) is 0 Å². The van der Waals surface area contributed by atoms with E-state index in [0.717, 1.165) is 49.1 Å². The minimum atomic E-state index is -0.466. The van der Waals surface area contributed by atoms with Crippen LogP contribution in [0.4, 0.5) is 4.39 Å². The van der Waals surface area contributed by atoms with E-state index in [-0.39, 0.29) is 17.7 Å². The number of ether oxygens (including phenoxy) is 1. The van der Waals surface area contributed by atoms with Crippen LogP contribution < -0.4 is 0 Å². The van der Waals surface area contributed by atoms with Crippen LogP contribution in [0.2, 0.25) is 0 Å². The van der Waals surface area contributed by atoms with Crippen LogP contribution in [0, 0.1) is 23.6 Å². The minimum absolute atomic E-state index is 0.159. The zero-order valence-electron chi connectivity index (χ0n) is 18.1. The quantitative estimate of drug-likeness (QED) is 0.705. The van der Waals surface area contributed by atoms with E-state index in [1.165, 1.54) is 24.8 Å². The van der Waals surface area contributed by atoms with Gasteiger partial charge in [-0.05, 0) is 68.7 Å². The summed E-state index contributed by atoms with van der Waals surface area (Å²) >= 11 is 0. The number of carbonyl (C=O) groups is 2. The zero-order valence-corrected chi connectivity index (χ0v) is 18.1. The Morgan fingerprint density at radius 3 is 2.48 bits per heavy atom. The summed E-state index contributed by atoms with van der Waals surface area (Å²) in [7, 11) is 1.44. The Kier molecular flexibility index (Phi) is 4.68. The van der Waals surface area contributed by atoms with Crippen LogP contribution in [0.15, 0.2) is 24.3 Å². The number of esters is 1. The van der Waals surface area contributed by atoms with Gasteiger partial charge in [0.1, 0.15) is 5.82 Å². The third-order valence-electron chi connectivity index (χ3n) is 7.79. The maximum atomic E-state index is 13.7. The van der Waals surface area contributed by atoms with Crippen LogP contribution >= 0.6 is 0 Å². The molecule has 6 nitrogen and oxygen atoms in total. The van der Waals surface area contributed by atoms with Crippen molar-refractivity contribution in [3.63, 3.8) is 0 Å². The van der Waals surface area contributed by atoms with E-state index in [4.69, 9.17) is 9.84 Å². The average molecular weight is 426 g/mol. The molecule has 2 bridgehead atoms.